The summed E-state index contributed by atoms with van der Waals surface area (Å²) in [6, 6.07) is 3.85. The minimum absolute atomic E-state index is 0.0167. The fraction of sp³-hybridized carbons (Fsp3) is 0.550. The molecule has 5 nitrogen and oxygen atoms in total. The maximum absolute atomic E-state index is 13.0. The predicted octanol–water partition coefficient (Wildman–Crippen LogP) is 3.66. The zero-order valence-corrected chi connectivity index (χ0v) is 15.4. The molecule has 0 radical (unpaired) electrons. The molecule has 0 aromatic carbocycles. The van der Waals surface area contributed by atoms with Gasteiger partial charge in [0.25, 0.3) is 5.56 Å². The van der Waals surface area contributed by atoms with Gasteiger partial charge in [0.15, 0.2) is 0 Å². The van der Waals surface area contributed by atoms with Crippen LogP contribution in [0.4, 0.5) is 0 Å². The van der Waals surface area contributed by atoms with E-state index >= 15 is 0 Å². The second-order valence-corrected chi connectivity index (χ2v) is 7.18. The lowest BCUT2D eigenvalue weighted by Crippen LogP contribution is -2.28. The second-order valence-electron chi connectivity index (χ2n) is 7.18. The number of aromatic nitrogens is 1. The second kappa shape index (κ2) is 7.18. The molecule has 2 atom stereocenters. The molecule has 3 rings (SSSR count). The van der Waals surface area contributed by atoms with E-state index in [1.54, 1.807) is 10.8 Å². The molecule has 0 fully saturated rings. The van der Waals surface area contributed by atoms with Gasteiger partial charge < -0.3 is 18.8 Å². The number of hydrogen-bond donors (Lipinski definition) is 1. The number of aryl methyl sites for hydroxylation is 1. The summed E-state index contributed by atoms with van der Waals surface area (Å²) in [4.78, 5) is 13.0. The van der Waals surface area contributed by atoms with Crippen LogP contribution in [0.5, 0.6) is 0 Å². The summed E-state index contributed by atoms with van der Waals surface area (Å²) < 4.78 is 12.9. The van der Waals surface area contributed by atoms with E-state index in [1.165, 1.54) is 0 Å². The Balaban J connectivity index is 1.88. The van der Waals surface area contributed by atoms with Crippen molar-refractivity contribution in [3.8, 4) is 0 Å². The van der Waals surface area contributed by atoms with Gasteiger partial charge in [-0.3, -0.25) is 4.79 Å². The number of rotatable bonds is 6. The number of ether oxygens (including phenoxy) is 1. The normalized spacial score (nSPS) is 19.6. The van der Waals surface area contributed by atoms with Crippen molar-refractivity contribution in [3.63, 3.8) is 0 Å². The molecule has 5 heteroatoms. The van der Waals surface area contributed by atoms with E-state index in [0.717, 1.165) is 28.1 Å². The van der Waals surface area contributed by atoms with Gasteiger partial charge in [0.2, 0.25) is 0 Å². The van der Waals surface area contributed by atoms with Gasteiger partial charge in [0.05, 0.1) is 19.0 Å². The Kier molecular flexibility index (Phi) is 5.16. The van der Waals surface area contributed by atoms with Crippen LogP contribution in [-0.4, -0.2) is 9.67 Å². The van der Waals surface area contributed by atoms with E-state index in [1.807, 2.05) is 26.0 Å². The number of pyridine rings is 1. The lowest BCUT2D eigenvalue weighted by molar-refractivity contribution is 0.0872. The molecule has 25 heavy (non-hydrogen) atoms. The first-order chi connectivity index (χ1) is 11.9. The molecule has 0 saturated heterocycles. The van der Waals surface area contributed by atoms with Gasteiger partial charge >= 0.3 is 0 Å². The van der Waals surface area contributed by atoms with E-state index in [4.69, 9.17) is 9.15 Å². The van der Waals surface area contributed by atoms with Gasteiger partial charge in [-0.1, -0.05) is 13.8 Å². The molecule has 0 bridgehead atoms. The molecule has 2 heterocycles. The van der Waals surface area contributed by atoms with Crippen LogP contribution in [0.2, 0.25) is 0 Å². The average Bonchev–Trinajstić information content (AvgIpc) is 3.12. The van der Waals surface area contributed by atoms with E-state index in [2.05, 4.69) is 13.8 Å². The van der Waals surface area contributed by atoms with Crippen molar-refractivity contribution >= 4 is 0 Å². The van der Waals surface area contributed by atoms with Crippen molar-refractivity contribution in [2.24, 2.45) is 5.92 Å². The van der Waals surface area contributed by atoms with Crippen molar-refractivity contribution in [1.29, 1.82) is 0 Å². The van der Waals surface area contributed by atoms with Gasteiger partial charge in [-0.15, -0.1) is 0 Å². The Morgan fingerprint density at radius 2 is 2.16 bits per heavy atom. The number of aliphatic hydroxyl groups is 1. The number of hydrogen-bond acceptors (Lipinski definition) is 4. The molecule has 1 N–H and O–H groups in total. The van der Waals surface area contributed by atoms with Gasteiger partial charge in [-0.05, 0) is 55.4 Å². The zero-order chi connectivity index (χ0) is 18.1. The van der Waals surface area contributed by atoms with Crippen LogP contribution in [-0.2, 0) is 24.5 Å². The summed E-state index contributed by atoms with van der Waals surface area (Å²) in [7, 11) is 0. The molecule has 0 amide bonds. The first-order valence-corrected chi connectivity index (χ1v) is 8.99. The molecule has 2 aromatic heterocycles. The predicted molar refractivity (Wildman–Crippen MR) is 95.5 cm³/mol. The highest BCUT2D eigenvalue weighted by atomic mass is 16.5. The fourth-order valence-electron chi connectivity index (χ4n) is 3.74. The Morgan fingerprint density at radius 3 is 2.76 bits per heavy atom. The standard InChI is InChI=1S/C20H27NO4/c1-5-21-14(10-24-11-18-13(4)6-7-25-18)8-16-17(22)9-15(12(2)3)19(16)20(21)23/h6-8,12,15,17,22H,5,9-11H2,1-4H3/t15-,17-/m1/s1. The topological polar surface area (TPSA) is 64.6 Å². The minimum atomic E-state index is -0.562. The molecular weight excluding hydrogens is 318 g/mol. The van der Waals surface area contributed by atoms with Crippen LogP contribution in [0.1, 0.15) is 67.4 Å². The fourth-order valence-corrected chi connectivity index (χ4v) is 3.74. The van der Waals surface area contributed by atoms with Crippen molar-refractivity contribution in [3.05, 3.63) is 56.9 Å². The van der Waals surface area contributed by atoms with Gasteiger partial charge in [0, 0.05) is 17.8 Å². The van der Waals surface area contributed by atoms with Crippen LogP contribution >= 0.6 is 0 Å². The van der Waals surface area contributed by atoms with Crippen molar-refractivity contribution in [1.82, 2.24) is 4.57 Å². The van der Waals surface area contributed by atoms with E-state index in [0.29, 0.717) is 32.1 Å². The Bertz CT molecular complexity index is 803. The van der Waals surface area contributed by atoms with E-state index in [-0.39, 0.29) is 11.5 Å². The van der Waals surface area contributed by atoms with Crippen LogP contribution in [0.25, 0.3) is 0 Å². The molecule has 1 aliphatic carbocycles. The van der Waals surface area contributed by atoms with Crippen molar-refractivity contribution < 1.29 is 14.3 Å². The number of nitrogens with zero attached hydrogens (tertiary/aromatic N) is 1. The molecule has 0 aliphatic heterocycles. The third-order valence-electron chi connectivity index (χ3n) is 5.23. The Hall–Kier alpha value is -1.85. The van der Waals surface area contributed by atoms with Gasteiger partial charge in [-0.25, -0.2) is 0 Å². The van der Waals surface area contributed by atoms with Crippen molar-refractivity contribution in [2.45, 2.75) is 65.9 Å². The maximum atomic E-state index is 13.0. The summed E-state index contributed by atoms with van der Waals surface area (Å²) >= 11 is 0. The van der Waals surface area contributed by atoms with Crippen LogP contribution in [0.3, 0.4) is 0 Å². The van der Waals surface area contributed by atoms with E-state index in [9.17, 15) is 9.90 Å². The van der Waals surface area contributed by atoms with Crippen LogP contribution in [0, 0.1) is 12.8 Å². The highest BCUT2D eigenvalue weighted by Crippen LogP contribution is 2.42. The number of aliphatic hydroxyl groups excluding tert-OH is 1. The molecule has 136 valence electrons. The Labute approximate surface area is 148 Å². The SMILES string of the molecule is CCn1c(COCc2occc2C)cc2c(c1=O)[C@@H](C(C)C)C[C@H]2O. The summed E-state index contributed by atoms with van der Waals surface area (Å²) in [5.41, 5.74) is 3.44. The van der Waals surface area contributed by atoms with Crippen LogP contribution < -0.4 is 5.56 Å². The Morgan fingerprint density at radius 1 is 1.40 bits per heavy atom. The highest BCUT2D eigenvalue weighted by molar-refractivity contribution is 5.37. The largest absolute Gasteiger partial charge is 0.467 e. The quantitative estimate of drug-likeness (QED) is 0.868. The van der Waals surface area contributed by atoms with Gasteiger partial charge in [-0.2, -0.15) is 0 Å². The summed E-state index contributed by atoms with van der Waals surface area (Å²) in [5.74, 6) is 1.25. The zero-order valence-electron chi connectivity index (χ0n) is 15.4. The lowest BCUT2D eigenvalue weighted by atomic mass is 9.90. The monoisotopic (exact) mass is 345 g/mol. The summed E-state index contributed by atoms with van der Waals surface area (Å²) in [5, 5.41) is 10.4. The summed E-state index contributed by atoms with van der Waals surface area (Å²) in [6.07, 6.45) is 1.71. The van der Waals surface area contributed by atoms with Crippen LogP contribution in [0.15, 0.2) is 27.6 Å². The molecule has 2 aromatic rings. The third kappa shape index (κ3) is 3.31. The number of fused-ring (bicyclic) bond motifs is 1. The molecule has 0 unspecified atom stereocenters. The third-order valence-corrected chi connectivity index (χ3v) is 5.23. The van der Waals surface area contributed by atoms with Crippen molar-refractivity contribution in [2.75, 3.05) is 0 Å². The highest BCUT2D eigenvalue weighted by Gasteiger charge is 2.35. The molecule has 0 saturated carbocycles. The smallest absolute Gasteiger partial charge is 0.254 e. The maximum Gasteiger partial charge on any atom is 0.254 e. The number of furan rings is 1. The van der Waals surface area contributed by atoms with Gasteiger partial charge in [0.1, 0.15) is 12.4 Å². The molecule has 0 spiro atoms. The lowest BCUT2D eigenvalue weighted by Gasteiger charge is -2.18. The average molecular weight is 345 g/mol. The minimum Gasteiger partial charge on any atom is -0.467 e. The first-order valence-electron chi connectivity index (χ1n) is 8.99. The summed E-state index contributed by atoms with van der Waals surface area (Å²) in [6.45, 7) is 9.41. The molecule has 1 aliphatic rings. The van der Waals surface area contributed by atoms with E-state index < -0.39 is 6.10 Å². The first kappa shape index (κ1) is 18.0. The molecular formula is C20H27NO4.